The van der Waals surface area contributed by atoms with Crippen molar-refractivity contribution >= 4 is 29.1 Å². The first-order chi connectivity index (χ1) is 9.73. The zero-order valence-corrected chi connectivity index (χ0v) is 13.3. The van der Waals surface area contributed by atoms with Crippen molar-refractivity contribution in [1.82, 2.24) is 4.98 Å². The molecule has 2 aliphatic carbocycles. The van der Waals surface area contributed by atoms with Gasteiger partial charge in [0.2, 0.25) is 5.91 Å². The summed E-state index contributed by atoms with van der Waals surface area (Å²) in [6.07, 6.45) is 3.36. The van der Waals surface area contributed by atoms with Crippen LogP contribution in [0.2, 0.25) is 5.02 Å². The van der Waals surface area contributed by atoms with Gasteiger partial charge < -0.3 is 5.32 Å². The van der Waals surface area contributed by atoms with Crippen molar-refractivity contribution in [3.8, 4) is 0 Å². The summed E-state index contributed by atoms with van der Waals surface area (Å²) in [4.78, 5) is 29.3. The van der Waals surface area contributed by atoms with Gasteiger partial charge in [0.05, 0.1) is 10.4 Å². The molecule has 0 unspecified atom stereocenters. The molecule has 0 aliphatic heterocycles. The van der Waals surface area contributed by atoms with E-state index in [-0.39, 0.29) is 17.1 Å². The molecule has 1 heterocycles. The largest absolute Gasteiger partial charge is 0.310 e. The summed E-state index contributed by atoms with van der Waals surface area (Å²) in [5, 5.41) is 3.39. The third-order valence-electron chi connectivity index (χ3n) is 6.11. The van der Waals surface area contributed by atoms with Crippen LogP contribution in [0.3, 0.4) is 0 Å². The Balaban J connectivity index is 1.91. The van der Waals surface area contributed by atoms with Crippen molar-refractivity contribution in [2.75, 3.05) is 5.32 Å². The second-order valence-corrected chi connectivity index (χ2v) is 7.39. The highest BCUT2D eigenvalue weighted by atomic mass is 35.5. The first kappa shape index (κ1) is 14.5. The van der Waals surface area contributed by atoms with Gasteiger partial charge >= 0.3 is 0 Å². The second kappa shape index (κ2) is 4.29. The number of hydrogen-bond acceptors (Lipinski definition) is 3. The Morgan fingerprint density at radius 2 is 2.00 bits per heavy atom. The fourth-order valence-electron chi connectivity index (χ4n) is 4.05. The average molecular weight is 307 g/mol. The number of anilines is 1. The van der Waals surface area contributed by atoms with Crippen LogP contribution >= 0.6 is 11.6 Å². The molecule has 1 aromatic heterocycles. The van der Waals surface area contributed by atoms with Crippen LogP contribution in [0.5, 0.6) is 0 Å². The maximum Gasteiger partial charge on any atom is 0.232 e. The van der Waals surface area contributed by atoms with Gasteiger partial charge in [0.1, 0.15) is 11.6 Å². The third kappa shape index (κ3) is 1.71. The van der Waals surface area contributed by atoms with Crippen LogP contribution in [0, 0.1) is 16.2 Å². The maximum atomic E-state index is 12.8. The molecular formula is C16H19ClN2O2. The summed E-state index contributed by atoms with van der Waals surface area (Å²) in [5.41, 5.74) is -1.36. The van der Waals surface area contributed by atoms with E-state index in [0.717, 1.165) is 12.8 Å². The minimum Gasteiger partial charge on any atom is -0.310 e. The van der Waals surface area contributed by atoms with Crippen molar-refractivity contribution in [3.63, 3.8) is 0 Å². The molecule has 3 rings (SSSR count). The Morgan fingerprint density at radius 1 is 1.29 bits per heavy atom. The number of carbonyl (C=O) groups is 2. The fraction of sp³-hybridized carbons (Fsp3) is 0.562. The number of hydrogen-bond donors (Lipinski definition) is 1. The molecule has 1 amide bonds. The number of nitrogens with one attached hydrogen (secondary N) is 1. The molecule has 2 atom stereocenters. The Labute approximate surface area is 129 Å². The van der Waals surface area contributed by atoms with Crippen LogP contribution in [0.25, 0.3) is 0 Å². The number of halogens is 1. The Kier molecular flexibility index (Phi) is 2.97. The quantitative estimate of drug-likeness (QED) is 0.910. The molecule has 1 N–H and O–H groups in total. The lowest BCUT2D eigenvalue weighted by molar-refractivity contribution is -0.131. The molecule has 2 aliphatic rings. The Morgan fingerprint density at radius 3 is 2.48 bits per heavy atom. The summed E-state index contributed by atoms with van der Waals surface area (Å²) >= 11 is 5.80. The molecule has 1 aromatic rings. The van der Waals surface area contributed by atoms with Crippen LogP contribution in [0.1, 0.15) is 40.0 Å². The molecule has 0 spiro atoms. The first-order valence-corrected chi connectivity index (χ1v) is 7.57. The SMILES string of the molecule is CC1(C)[C@]2(C(=O)Nc3ccc(Cl)cn3)CC[C@]1(C)C(=O)C2. The monoisotopic (exact) mass is 306 g/mol. The number of rotatable bonds is 2. The van der Waals surface area contributed by atoms with E-state index in [2.05, 4.69) is 10.3 Å². The van der Waals surface area contributed by atoms with Crippen LogP contribution in [-0.4, -0.2) is 16.7 Å². The number of carbonyl (C=O) groups excluding carboxylic acids is 2. The number of aromatic nitrogens is 1. The Hall–Kier alpha value is -1.42. The first-order valence-electron chi connectivity index (χ1n) is 7.19. The zero-order valence-electron chi connectivity index (χ0n) is 12.5. The molecule has 2 bridgehead atoms. The predicted octanol–water partition coefficient (Wildman–Crippen LogP) is 3.46. The van der Waals surface area contributed by atoms with Gasteiger partial charge in [0.15, 0.2) is 0 Å². The lowest BCUT2D eigenvalue weighted by Crippen LogP contribution is -2.43. The van der Waals surface area contributed by atoms with E-state index < -0.39 is 10.8 Å². The molecule has 2 fully saturated rings. The van der Waals surface area contributed by atoms with Crippen LogP contribution in [0.15, 0.2) is 18.3 Å². The third-order valence-corrected chi connectivity index (χ3v) is 6.33. The van der Waals surface area contributed by atoms with Gasteiger partial charge in [-0.25, -0.2) is 4.98 Å². The van der Waals surface area contributed by atoms with Crippen LogP contribution < -0.4 is 5.32 Å². The smallest absolute Gasteiger partial charge is 0.232 e. The minimum atomic E-state index is -0.625. The highest BCUT2D eigenvalue weighted by molar-refractivity contribution is 6.30. The topological polar surface area (TPSA) is 59.1 Å². The molecule has 4 nitrogen and oxygen atoms in total. The normalized spacial score (nSPS) is 33.2. The highest BCUT2D eigenvalue weighted by Gasteiger charge is 2.72. The molecule has 5 heteroatoms. The van der Waals surface area contributed by atoms with Gasteiger partial charge in [-0.3, -0.25) is 9.59 Å². The van der Waals surface area contributed by atoms with Crippen LogP contribution in [-0.2, 0) is 9.59 Å². The van der Waals surface area contributed by atoms with Gasteiger partial charge in [-0.2, -0.15) is 0 Å². The van der Waals surface area contributed by atoms with Gasteiger partial charge in [-0.1, -0.05) is 32.4 Å². The molecular weight excluding hydrogens is 288 g/mol. The number of fused-ring (bicyclic) bond motifs is 2. The van der Waals surface area contributed by atoms with E-state index >= 15 is 0 Å². The predicted molar refractivity (Wildman–Crippen MR) is 81.1 cm³/mol. The van der Waals surface area contributed by atoms with Crippen molar-refractivity contribution in [2.45, 2.75) is 40.0 Å². The standard InChI is InChI=1S/C16H19ClN2O2/c1-14(2)15(3)6-7-16(14,8-11(15)20)13(21)19-12-5-4-10(17)9-18-12/h4-5,9H,6-8H2,1-3H3,(H,18,19,21)/t15-,16-/m1/s1. The van der Waals surface area contributed by atoms with Crippen molar-refractivity contribution in [1.29, 1.82) is 0 Å². The lowest BCUT2D eigenvalue weighted by atomic mass is 9.64. The summed E-state index contributed by atoms with van der Waals surface area (Å²) in [7, 11) is 0. The van der Waals surface area contributed by atoms with Crippen molar-refractivity contribution in [3.05, 3.63) is 23.4 Å². The fourth-order valence-corrected chi connectivity index (χ4v) is 4.16. The van der Waals surface area contributed by atoms with E-state index in [0.29, 0.717) is 17.3 Å². The number of nitrogens with zero attached hydrogens (tertiary/aromatic N) is 1. The number of pyridine rings is 1. The number of amides is 1. The van der Waals surface area contributed by atoms with Crippen molar-refractivity contribution < 1.29 is 9.59 Å². The van der Waals surface area contributed by atoms with E-state index in [1.807, 2.05) is 20.8 Å². The maximum absolute atomic E-state index is 12.8. The zero-order chi connectivity index (χ0) is 15.5. The summed E-state index contributed by atoms with van der Waals surface area (Å²) in [5.74, 6) is 0.581. The second-order valence-electron chi connectivity index (χ2n) is 6.95. The van der Waals surface area contributed by atoms with E-state index in [1.165, 1.54) is 6.20 Å². The number of Topliss-reactive ketones (excluding diaryl/α,β-unsaturated/α-hetero) is 1. The lowest BCUT2D eigenvalue weighted by Gasteiger charge is -2.38. The average Bonchev–Trinajstić information content (AvgIpc) is 2.72. The van der Waals surface area contributed by atoms with Crippen LogP contribution in [0.4, 0.5) is 5.82 Å². The van der Waals surface area contributed by atoms with Gasteiger partial charge in [0, 0.05) is 18.0 Å². The Bertz CT molecular complexity index is 626. The number of ketones is 1. The highest BCUT2D eigenvalue weighted by Crippen LogP contribution is 2.70. The van der Waals surface area contributed by atoms with Gasteiger partial charge in [-0.15, -0.1) is 0 Å². The molecule has 0 radical (unpaired) electrons. The van der Waals surface area contributed by atoms with Gasteiger partial charge in [0.25, 0.3) is 0 Å². The summed E-state index contributed by atoms with van der Waals surface area (Å²) in [6.45, 7) is 6.08. The molecule has 0 aromatic carbocycles. The van der Waals surface area contributed by atoms with E-state index in [4.69, 9.17) is 11.6 Å². The molecule has 0 saturated heterocycles. The summed E-state index contributed by atoms with van der Waals surface area (Å²) in [6, 6.07) is 3.36. The minimum absolute atomic E-state index is 0.100. The molecule has 21 heavy (non-hydrogen) atoms. The molecule has 112 valence electrons. The van der Waals surface area contributed by atoms with E-state index in [1.54, 1.807) is 12.1 Å². The van der Waals surface area contributed by atoms with E-state index in [9.17, 15) is 9.59 Å². The van der Waals surface area contributed by atoms with Crippen molar-refractivity contribution in [2.24, 2.45) is 16.2 Å². The summed E-state index contributed by atoms with van der Waals surface area (Å²) < 4.78 is 0. The molecule has 2 saturated carbocycles. The van der Waals surface area contributed by atoms with Gasteiger partial charge in [-0.05, 0) is 30.4 Å².